The van der Waals surface area contributed by atoms with Crippen molar-refractivity contribution >= 4 is 28.5 Å². The van der Waals surface area contributed by atoms with Gasteiger partial charge in [0.1, 0.15) is 0 Å². The number of amides is 3. The largest absolute Gasteiger partial charge is 0.396 e. The van der Waals surface area contributed by atoms with E-state index in [9.17, 15) is 9.59 Å². The van der Waals surface area contributed by atoms with Gasteiger partial charge in [-0.25, -0.2) is 4.79 Å². The number of carbonyl (C=O) groups excluding carboxylic acids is 2. The Kier molecular flexibility index (Phi) is 5.88. The van der Waals surface area contributed by atoms with Crippen molar-refractivity contribution in [1.82, 2.24) is 19.8 Å². The van der Waals surface area contributed by atoms with Crippen molar-refractivity contribution in [2.75, 3.05) is 31.6 Å². The van der Waals surface area contributed by atoms with Crippen molar-refractivity contribution in [2.45, 2.75) is 25.7 Å². The van der Waals surface area contributed by atoms with Crippen LogP contribution in [0.5, 0.6) is 0 Å². The fourth-order valence-electron chi connectivity index (χ4n) is 2.06. The van der Waals surface area contributed by atoms with E-state index in [1.54, 1.807) is 4.90 Å². The van der Waals surface area contributed by atoms with Gasteiger partial charge in [-0.1, -0.05) is 4.49 Å². The Morgan fingerprint density at radius 3 is 2.76 bits per heavy atom. The quantitative estimate of drug-likeness (QED) is 0.692. The van der Waals surface area contributed by atoms with Crippen LogP contribution in [0, 0.1) is 0 Å². The molecule has 1 fully saturated rings. The lowest BCUT2D eigenvalue weighted by molar-refractivity contribution is 0.0947. The number of aliphatic hydroxyl groups excluding tert-OH is 1. The number of rotatable bonds is 5. The summed E-state index contributed by atoms with van der Waals surface area (Å²) in [6.45, 7) is 1.83. The number of hydrogen-bond donors (Lipinski definition) is 3. The van der Waals surface area contributed by atoms with Crippen molar-refractivity contribution in [3.05, 3.63) is 5.69 Å². The lowest BCUT2D eigenvalue weighted by atomic mass is 10.1. The Bertz CT molecular complexity index is 487. The molecule has 116 valence electrons. The van der Waals surface area contributed by atoms with E-state index in [4.69, 9.17) is 5.11 Å². The zero-order chi connectivity index (χ0) is 15.1. The van der Waals surface area contributed by atoms with Crippen LogP contribution in [0.1, 0.15) is 36.2 Å². The van der Waals surface area contributed by atoms with Gasteiger partial charge in [0.15, 0.2) is 10.7 Å². The molecule has 0 atom stereocenters. The third-order valence-electron chi connectivity index (χ3n) is 3.19. The molecule has 21 heavy (non-hydrogen) atoms. The molecule has 1 aromatic rings. The van der Waals surface area contributed by atoms with Gasteiger partial charge >= 0.3 is 6.03 Å². The van der Waals surface area contributed by atoms with E-state index in [0.29, 0.717) is 18.0 Å². The number of piperidine rings is 1. The first-order valence-electron chi connectivity index (χ1n) is 6.99. The summed E-state index contributed by atoms with van der Waals surface area (Å²) < 4.78 is 3.72. The van der Waals surface area contributed by atoms with E-state index in [1.165, 1.54) is 0 Å². The van der Waals surface area contributed by atoms with Crippen molar-refractivity contribution in [3.63, 3.8) is 0 Å². The van der Waals surface area contributed by atoms with E-state index in [0.717, 1.165) is 43.9 Å². The highest BCUT2D eigenvalue weighted by Gasteiger charge is 2.21. The van der Waals surface area contributed by atoms with Gasteiger partial charge in [0.2, 0.25) is 0 Å². The van der Waals surface area contributed by atoms with E-state index < -0.39 is 5.91 Å². The first kappa shape index (κ1) is 15.6. The van der Waals surface area contributed by atoms with Crippen molar-refractivity contribution < 1.29 is 14.7 Å². The van der Waals surface area contributed by atoms with Crippen LogP contribution in [-0.4, -0.2) is 57.8 Å². The Morgan fingerprint density at radius 1 is 1.29 bits per heavy atom. The van der Waals surface area contributed by atoms with Gasteiger partial charge in [-0.05, 0) is 25.7 Å². The van der Waals surface area contributed by atoms with Gasteiger partial charge in [-0.15, -0.1) is 5.10 Å². The molecule has 1 saturated heterocycles. The lowest BCUT2D eigenvalue weighted by Crippen LogP contribution is -2.39. The predicted octanol–water partition coefficient (Wildman–Crippen LogP) is 0.668. The van der Waals surface area contributed by atoms with Crippen molar-refractivity contribution in [2.24, 2.45) is 0 Å². The van der Waals surface area contributed by atoms with E-state index in [2.05, 4.69) is 20.2 Å². The zero-order valence-corrected chi connectivity index (χ0v) is 12.5. The molecule has 1 aliphatic heterocycles. The first-order chi connectivity index (χ1) is 10.2. The normalized spacial score (nSPS) is 14.8. The molecule has 8 nitrogen and oxygen atoms in total. The Hall–Kier alpha value is -1.74. The highest BCUT2D eigenvalue weighted by molar-refractivity contribution is 7.10. The van der Waals surface area contributed by atoms with Gasteiger partial charge in [0.05, 0.1) is 0 Å². The molecule has 1 aromatic heterocycles. The smallest absolute Gasteiger partial charge is 0.322 e. The highest BCUT2D eigenvalue weighted by Crippen LogP contribution is 2.19. The molecular formula is C12H19N5O3S. The topological polar surface area (TPSA) is 107 Å². The molecule has 9 heteroatoms. The number of nitrogens with zero attached hydrogens (tertiary/aromatic N) is 3. The molecule has 3 amide bonds. The van der Waals surface area contributed by atoms with Crippen LogP contribution in [0.2, 0.25) is 0 Å². The maximum atomic E-state index is 12.1. The molecule has 0 saturated carbocycles. The third-order valence-corrected chi connectivity index (χ3v) is 3.83. The Balaban J connectivity index is 1.93. The second-order valence-electron chi connectivity index (χ2n) is 4.76. The van der Waals surface area contributed by atoms with Crippen LogP contribution in [0.3, 0.4) is 0 Å². The highest BCUT2D eigenvalue weighted by atomic mass is 32.1. The molecule has 3 N–H and O–H groups in total. The number of anilines is 1. The molecule has 2 rings (SSSR count). The number of hydrogen-bond acceptors (Lipinski definition) is 6. The first-order valence-corrected chi connectivity index (χ1v) is 7.77. The minimum Gasteiger partial charge on any atom is -0.396 e. The molecule has 0 aliphatic carbocycles. The Labute approximate surface area is 126 Å². The standard InChI is InChI=1S/C12H19N5O3S/c18-8-4-5-13-10(19)9-11(21-16-15-9)14-12(20)17-6-2-1-3-7-17/h18H,1-8H2,(H,13,19)(H,14,20). The summed E-state index contributed by atoms with van der Waals surface area (Å²) in [4.78, 5) is 25.7. The number of aromatic nitrogens is 2. The molecule has 0 radical (unpaired) electrons. The monoisotopic (exact) mass is 313 g/mol. The fourth-order valence-corrected chi connectivity index (χ4v) is 2.62. The van der Waals surface area contributed by atoms with Gasteiger partial charge in [0.25, 0.3) is 5.91 Å². The number of aliphatic hydroxyl groups is 1. The van der Waals surface area contributed by atoms with Crippen molar-refractivity contribution in [3.8, 4) is 0 Å². The van der Waals surface area contributed by atoms with Gasteiger partial charge in [-0.3, -0.25) is 10.1 Å². The summed E-state index contributed by atoms with van der Waals surface area (Å²) in [6.07, 6.45) is 3.62. The molecule has 0 spiro atoms. The van der Waals surface area contributed by atoms with Crippen molar-refractivity contribution in [1.29, 1.82) is 0 Å². The van der Waals surface area contributed by atoms with Gasteiger partial charge in [0, 0.05) is 37.8 Å². The number of likely N-dealkylation sites (tertiary alicyclic amines) is 1. The number of nitrogens with one attached hydrogen (secondary N) is 2. The van der Waals surface area contributed by atoms with E-state index in [1.807, 2.05) is 0 Å². The number of carbonyl (C=O) groups is 2. The van der Waals surface area contributed by atoms with Gasteiger partial charge < -0.3 is 15.3 Å². The maximum Gasteiger partial charge on any atom is 0.322 e. The minimum absolute atomic E-state index is 0.00808. The predicted molar refractivity (Wildman–Crippen MR) is 78.4 cm³/mol. The maximum absolute atomic E-state index is 12.1. The van der Waals surface area contributed by atoms with Crippen LogP contribution >= 0.6 is 11.5 Å². The minimum atomic E-state index is -0.397. The molecule has 2 heterocycles. The zero-order valence-electron chi connectivity index (χ0n) is 11.7. The molecular weight excluding hydrogens is 294 g/mol. The van der Waals surface area contributed by atoms with Crippen LogP contribution in [0.15, 0.2) is 0 Å². The fraction of sp³-hybridized carbons (Fsp3) is 0.667. The molecule has 0 aromatic carbocycles. The second kappa shape index (κ2) is 7.89. The number of urea groups is 1. The van der Waals surface area contributed by atoms with Crippen LogP contribution in [0.4, 0.5) is 9.80 Å². The summed E-state index contributed by atoms with van der Waals surface area (Å²) in [6, 6.07) is -0.217. The van der Waals surface area contributed by atoms with E-state index >= 15 is 0 Å². The summed E-state index contributed by atoms with van der Waals surface area (Å²) in [5.41, 5.74) is 0.114. The van der Waals surface area contributed by atoms with Gasteiger partial charge in [-0.2, -0.15) is 0 Å². The molecule has 1 aliphatic rings. The Morgan fingerprint density at radius 2 is 2.05 bits per heavy atom. The third kappa shape index (κ3) is 4.36. The molecule has 0 unspecified atom stereocenters. The summed E-state index contributed by atoms with van der Waals surface area (Å²) >= 11 is 0.979. The summed E-state index contributed by atoms with van der Waals surface area (Å²) in [5, 5.41) is 18.1. The average Bonchev–Trinajstić information content (AvgIpc) is 2.96. The van der Waals surface area contributed by atoms with E-state index in [-0.39, 0.29) is 18.3 Å². The second-order valence-corrected chi connectivity index (χ2v) is 5.52. The van der Waals surface area contributed by atoms with Crippen LogP contribution in [-0.2, 0) is 0 Å². The lowest BCUT2D eigenvalue weighted by Gasteiger charge is -2.26. The summed E-state index contributed by atoms with van der Waals surface area (Å²) in [7, 11) is 0. The molecule has 0 bridgehead atoms. The van der Waals surface area contributed by atoms with Crippen LogP contribution in [0.25, 0.3) is 0 Å². The van der Waals surface area contributed by atoms with Crippen LogP contribution < -0.4 is 10.6 Å². The summed E-state index contributed by atoms with van der Waals surface area (Å²) in [5.74, 6) is -0.397. The SMILES string of the molecule is O=C(NCCCO)c1nnsc1NC(=O)N1CCCCC1. The average molecular weight is 313 g/mol.